The molecular formula is C16H21NS. The van der Waals surface area contributed by atoms with Crippen LogP contribution in [0.1, 0.15) is 44.9 Å². The van der Waals surface area contributed by atoms with Crippen molar-refractivity contribution in [1.29, 1.82) is 0 Å². The number of rotatable bonds is 2. The van der Waals surface area contributed by atoms with Crippen LogP contribution in [-0.2, 0) is 0 Å². The van der Waals surface area contributed by atoms with E-state index < -0.39 is 0 Å². The third kappa shape index (κ3) is 2.69. The SMILES string of the molecule is CC(C)/C1=C/C=C\CSc2ccnc(C(C)C)c21. The molecule has 0 N–H and O–H groups in total. The second-order valence-electron chi connectivity index (χ2n) is 5.24. The summed E-state index contributed by atoms with van der Waals surface area (Å²) in [6, 6.07) is 2.15. The molecule has 1 aromatic rings. The molecule has 0 aliphatic carbocycles. The summed E-state index contributed by atoms with van der Waals surface area (Å²) in [5, 5.41) is 0. The summed E-state index contributed by atoms with van der Waals surface area (Å²) in [7, 11) is 0. The zero-order valence-corrected chi connectivity index (χ0v) is 12.4. The molecule has 0 bridgehead atoms. The maximum atomic E-state index is 4.62. The van der Waals surface area contributed by atoms with Gasteiger partial charge in [-0.05, 0) is 23.5 Å². The highest BCUT2D eigenvalue weighted by Crippen LogP contribution is 2.37. The fraction of sp³-hybridized carbons (Fsp3) is 0.438. The number of aromatic nitrogens is 1. The Hall–Kier alpha value is -1.02. The number of nitrogens with zero attached hydrogens (tertiary/aromatic N) is 1. The first-order valence-electron chi connectivity index (χ1n) is 6.60. The number of hydrogen-bond donors (Lipinski definition) is 0. The Morgan fingerprint density at radius 3 is 2.61 bits per heavy atom. The van der Waals surface area contributed by atoms with Gasteiger partial charge >= 0.3 is 0 Å². The lowest BCUT2D eigenvalue weighted by atomic mass is 9.90. The quantitative estimate of drug-likeness (QED) is 0.748. The first-order chi connectivity index (χ1) is 8.61. The van der Waals surface area contributed by atoms with Gasteiger partial charge in [0, 0.05) is 22.4 Å². The normalized spacial score (nSPS) is 20.0. The molecule has 0 saturated carbocycles. The highest BCUT2D eigenvalue weighted by Gasteiger charge is 2.19. The number of hydrogen-bond acceptors (Lipinski definition) is 2. The van der Waals surface area contributed by atoms with Crippen LogP contribution in [0, 0.1) is 5.92 Å². The van der Waals surface area contributed by atoms with E-state index in [1.54, 1.807) is 0 Å². The third-order valence-electron chi connectivity index (χ3n) is 3.15. The first kappa shape index (κ1) is 13.4. The largest absolute Gasteiger partial charge is 0.260 e. The van der Waals surface area contributed by atoms with Crippen molar-refractivity contribution in [1.82, 2.24) is 4.98 Å². The molecule has 1 nitrogen and oxygen atoms in total. The summed E-state index contributed by atoms with van der Waals surface area (Å²) < 4.78 is 0. The van der Waals surface area contributed by atoms with Crippen molar-refractivity contribution >= 4 is 17.3 Å². The average Bonchev–Trinajstić information content (AvgIpc) is 2.28. The molecule has 2 heteroatoms. The van der Waals surface area contributed by atoms with Gasteiger partial charge in [0.15, 0.2) is 0 Å². The second kappa shape index (κ2) is 5.75. The molecule has 2 rings (SSSR count). The maximum Gasteiger partial charge on any atom is 0.0515 e. The predicted molar refractivity (Wildman–Crippen MR) is 81.0 cm³/mol. The van der Waals surface area contributed by atoms with Gasteiger partial charge in [0.05, 0.1) is 5.69 Å². The lowest BCUT2D eigenvalue weighted by Gasteiger charge is -2.21. The van der Waals surface area contributed by atoms with Crippen molar-refractivity contribution < 1.29 is 0 Å². The van der Waals surface area contributed by atoms with Crippen LogP contribution in [0.4, 0.5) is 0 Å². The molecule has 1 aliphatic heterocycles. The number of pyridine rings is 1. The van der Waals surface area contributed by atoms with Gasteiger partial charge in [-0.1, -0.05) is 45.9 Å². The Balaban J connectivity index is 2.65. The van der Waals surface area contributed by atoms with Crippen molar-refractivity contribution in [2.75, 3.05) is 5.75 Å². The van der Waals surface area contributed by atoms with E-state index in [4.69, 9.17) is 0 Å². The Kier molecular flexibility index (Phi) is 4.28. The Labute approximate surface area is 114 Å². The van der Waals surface area contributed by atoms with Gasteiger partial charge in [0.25, 0.3) is 0 Å². The number of allylic oxidation sites excluding steroid dienone is 3. The van der Waals surface area contributed by atoms with E-state index in [0.717, 1.165) is 5.75 Å². The van der Waals surface area contributed by atoms with E-state index in [0.29, 0.717) is 11.8 Å². The monoisotopic (exact) mass is 259 g/mol. The minimum Gasteiger partial charge on any atom is -0.260 e. The summed E-state index contributed by atoms with van der Waals surface area (Å²) in [5.74, 6) is 2.02. The predicted octanol–water partition coefficient (Wildman–Crippen LogP) is 4.91. The molecule has 0 unspecified atom stereocenters. The molecule has 0 atom stereocenters. The smallest absolute Gasteiger partial charge is 0.0515 e. The van der Waals surface area contributed by atoms with Crippen LogP contribution in [0.15, 0.2) is 35.4 Å². The minimum atomic E-state index is 0.464. The summed E-state index contributed by atoms with van der Waals surface area (Å²) in [5.41, 5.74) is 4.01. The fourth-order valence-corrected chi connectivity index (χ4v) is 3.15. The lowest BCUT2D eigenvalue weighted by Crippen LogP contribution is -2.05. The molecular weight excluding hydrogens is 238 g/mol. The molecule has 0 radical (unpaired) electrons. The molecule has 2 heterocycles. The molecule has 0 saturated heterocycles. The molecule has 96 valence electrons. The van der Waals surface area contributed by atoms with Gasteiger partial charge in [-0.25, -0.2) is 0 Å². The van der Waals surface area contributed by atoms with E-state index >= 15 is 0 Å². The standard InChI is InChI=1S/C16H21NS/c1-11(2)13-7-5-6-10-18-14-8-9-17-16(12(3)4)15(13)14/h5-9,11-12H,10H2,1-4H3/b6-5-,13-7-. The van der Waals surface area contributed by atoms with Gasteiger partial charge in [-0.3, -0.25) is 4.98 Å². The van der Waals surface area contributed by atoms with Crippen LogP contribution in [0.25, 0.3) is 5.57 Å². The van der Waals surface area contributed by atoms with Crippen molar-refractivity contribution in [3.63, 3.8) is 0 Å². The second-order valence-corrected chi connectivity index (χ2v) is 6.30. The molecule has 0 aromatic carbocycles. The van der Waals surface area contributed by atoms with Crippen LogP contribution in [-0.4, -0.2) is 10.7 Å². The Morgan fingerprint density at radius 1 is 1.17 bits per heavy atom. The average molecular weight is 259 g/mol. The first-order valence-corrected chi connectivity index (χ1v) is 7.58. The van der Waals surface area contributed by atoms with E-state index in [1.807, 2.05) is 18.0 Å². The van der Waals surface area contributed by atoms with Crippen LogP contribution in [0.5, 0.6) is 0 Å². The van der Waals surface area contributed by atoms with Gasteiger partial charge in [-0.2, -0.15) is 0 Å². The third-order valence-corrected chi connectivity index (χ3v) is 4.16. The van der Waals surface area contributed by atoms with E-state index in [-0.39, 0.29) is 0 Å². The topological polar surface area (TPSA) is 12.9 Å². The van der Waals surface area contributed by atoms with Crippen molar-refractivity contribution in [2.24, 2.45) is 5.92 Å². The Morgan fingerprint density at radius 2 is 1.94 bits per heavy atom. The highest BCUT2D eigenvalue weighted by atomic mass is 32.2. The van der Waals surface area contributed by atoms with Crippen LogP contribution in [0.3, 0.4) is 0 Å². The van der Waals surface area contributed by atoms with Crippen LogP contribution in [0.2, 0.25) is 0 Å². The summed E-state index contributed by atoms with van der Waals surface area (Å²) >= 11 is 1.91. The maximum absolute atomic E-state index is 4.62. The van der Waals surface area contributed by atoms with Crippen LogP contribution >= 0.6 is 11.8 Å². The number of thioether (sulfide) groups is 1. The minimum absolute atomic E-state index is 0.464. The van der Waals surface area contributed by atoms with Gasteiger partial charge in [-0.15, -0.1) is 11.8 Å². The van der Waals surface area contributed by atoms with Crippen molar-refractivity contribution in [2.45, 2.75) is 38.5 Å². The number of fused-ring (bicyclic) bond motifs is 1. The van der Waals surface area contributed by atoms with E-state index in [1.165, 1.54) is 21.7 Å². The molecule has 0 fully saturated rings. The molecule has 1 aromatic heterocycles. The van der Waals surface area contributed by atoms with Crippen LogP contribution < -0.4 is 0 Å². The summed E-state index contributed by atoms with van der Waals surface area (Å²) in [6.07, 6.45) is 8.62. The summed E-state index contributed by atoms with van der Waals surface area (Å²) in [4.78, 5) is 5.99. The molecule has 0 spiro atoms. The molecule has 18 heavy (non-hydrogen) atoms. The van der Waals surface area contributed by atoms with Crippen molar-refractivity contribution in [3.05, 3.63) is 41.7 Å². The van der Waals surface area contributed by atoms with E-state index in [9.17, 15) is 0 Å². The summed E-state index contributed by atoms with van der Waals surface area (Å²) in [6.45, 7) is 8.96. The Bertz CT molecular complexity index is 484. The molecule has 1 aliphatic rings. The molecule has 0 amide bonds. The van der Waals surface area contributed by atoms with Gasteiger partial charge in [0.1, 0.15) is 0 Å². The highest BCUT2D eigenvalue weighted by molar-refractivity contribution is 7.99. The fourth-order valence-electron chi connectivity index (χ4n) is 2.24. The zero-order chi connectivity index (χ0) is 13.1. The lowest BCUT2D eigenvalue weighted by molar-refractivity contribution is 0.791. The van der Waals surface area contributed by atoms with Crippen molar-refractivity contribution in [3.8, 4) is 0 Å². The zero-order valence-electron chi connectivity index (χ0n) is 11.6. The van der Waals surface area contributed by atoms with Gasteiger partial charge in [0.2, 0.25) is 0 Å². The van der Waals surface area contributed by atoms with Gasteiger partial charge < -0.3 is 0 Å². The van der Waals surface area contributed by atoms with E-state index in [2.05, 4.69) is 57.0 Å².